The molecule has 0 bridgehead atoms. The Morgan fingerprint density at radius 2 is 2.22 bits per heavy atom. The molecule has 0 aliphatic carbocycles. The van der Waals surface area contributed by atoms with Crippen LogP contribution in [-0.4, -0.2) is 19.8 Å². The Bertz CT molecular complexity index is 379. The van der Waals surface area contributed by atoms with E-state index in [0.717, 1.165) is 50.5 Å². The molecule has 0 saturated carbocycles. The summed E-state index contributed by atoms with van der Waals surface area (Å²) in [5.41, 5.74) is 1.26. The molecule has 0 amide bonds. The molecule has 1 aliphatic heterocycles. The van der Waals surface area contributed by atoms with Gasteiger partial charge in [0.2, 0.25) is 0 Å². The predicted octanol–water partition coefficient (Wildman–Crippen LogP) is 3.30. The van der Waals surface area contributed by atoms with E-state index in [2.05, 4.69) is 25.2 Å². The molecule has 0 fully saturated rings. The van der Waals surface area contributed by atoms with Crippen LogP contribution in [0.3, 0.4) is 0 Å². The van der Waals surface area contributed by atoms with E-state index in [0.29, 0.717) is 6.04 Å². The number of hydrogen-bond donors (Lipinski definition) is 1. The number of benzene rings is 1. The van der Waals surface area contributed by atoms with Crippen molar-refractivity contribution in [2.75, 3.05) is 19.8 Å². The summed E-state index contributed by atoms with van der Waals surface area (Å²) in [6.45, 7) is 6.89. The van der Waals surface area contributed by atoms with Crippen LogP contribution in [0.5, 0.6) is 11.5 Å². The first-order valence-electron chi connectivity index (χ1n) is 6.98. The van der Waals surface area contributed by atoms with Crippen molar-refractivity contribution in [1.29, 1.82) is 0 Å². The van der Waals surface area contributed by atoms with E-state index in [1.165, 1.54) is 5.56 Å². The van der Waals surface area contributed by atoms with E-state index < -0.39 is 0 Å². The Morgan fingerprint density at radius 3 is 3.00 bits per heavy atom. The van der Waals surface area contributed by atoms with Gasteiger partial charge in [-0.3, -0.25) is 0 Å². The van der Waals surface area contributed by atoms with Crippen LogP contribution in [0, 0.1) is 0 Å². The molecule has 1 N–H and O–H groups in total. The number of hydrogen-bond acceptors (Lipinski definition) is 3. The molecule has 3 heteroatoms. The number of ether oxygens (including phenoxy) is 2. The van der Waals surface area contributed by atoms with Crippen LogP contribution in [-0.2, 0) is 0 Å². The molecule has 1 heterocycles. The highest BCUT2D eigenvalue weighted by molar-refractivity contribution is 5.45. The molecule has 1 aliphatic rings. The van der Waals surface area contributed by atoms with Gasteiger partial charge in [0.05, 0.1) is 12.6 Å². The Hall–Kier alpha value is -1.22. The Morgan fingerprint density at radius 1 is 1.33 bits per heavy atom. The molecular weight excluding hydrogens is 226 g/mol. The number of fused-ring (bicyclic) bond motifs is 1. The zero-order valence-corrected chi connectivity index (χ0v) is 11.4. The monoisotopic (exact) mass is 249 g/mol. The summed E-state index contributed by atoms with van der Waals surface area (Å²) in [5, 5.41) is 3.49. The molecular formula is C15H23NO2. The highest BCUT2D eigenvalue weighted by atomic mass is 16.5. The van der Waals surface area contributed by atoms with E-state index in [-0.39, 0.29) is 0 Å². The van der Waals surface area contributed by atoms with Crippen LogP contribution in [0.25, 0.3) is 0 Å². The van der Waals surface area contributed by atoms with Gasteiger partial charge in [0.1, 0.15) is 18.1 Å². The summed E-state index contributed by atoms with van der Waals surface area (Å²) in [7, 11) is 0. The molecule has 2 rings (SSSR count). The van der Waals surface area contributed by atoms with Crippen molar-refractivity contribution in [3.8, 4) is 11.5 Å². The molecule has 1 aromatic rings. The fourth-order valence-corrected chi connectivity index (χ4v) is 2.10. The van der Waals surface area contributed by atoms with Gasteiger partial charge in [0.25, 0.3) is 0 Å². The third-order valence-corrected chi connectivity index (χ3v) is 3.17. The molecule has 1 unspecified atom stereocenters. The molecule has 3 nitrogen and oxygen atoms in total. The van der Waals surface area contributed by atoms with Gasteiger partial charge in [-0.1, -0.05) is 20.3 Å². The highest BCUT2D eigenvalue weighted by Crippen LogP contribution is 2.35. The van der Waals surface area contributed by atoms with E-state index in [4.69, 9.17) is 9.47 Å². The second-order valence-electron chi connectivity index (χ2n) is 4.72. The molecule has 1 aromatic carbocycles. The quantitative estimate of drug-likeness (QED) is 0.752. The molecule has 0 radical (unpaired) electrons. The molecule has 100 valence electrons. The van der Waals surface area contributed by atoms with Crippen molar-refractivity contribution in [2.45, 2.75) is 39.2 Å². The summed E-state index contributed by atoms with van der Waals surface area (Å²) in [5.74, 6) is 1.89. The topological polar surface area (TPSA) is 30.5 Å². The zero-order chi connectivity index (χ0) is 12.8. The fourth-order valence-electron chi connectivity index (χ4n) is 2.10. The second-order valence-corrected chi connectivity index (χ2v) is 4.72. The lowest BCUT2D eigenvalue weighted by Gasteiger charge is -2.11. The summed E-state index contributed by atoms with van der Waals surface area (Å²) in [6, 6.07) is 6.52. The van der Waals surface area contributed by atoms with Gasteiger partial charge in [-0.2, -0.15) is 0 Å². The zero-order valence-electron chi connectivity index (χ0n) is 11.4. The summed E-state index contributed by atoms with van der Waals surface area (Å²) in [4.78, 5) is 0. The minimum atomic E-state index is 0.338. The number of rotatable bonds is 7. The van der Waals surface area contributed by atoms with Crippen LogP contribution in [0.4, 0.5) is 0 Å². The lowest BCUT2D eigenvalue weighted by atomic mass is 10.1. The maximum Gasteiger partial charge on any atom is 0.127 e. The van der Waals surface area contributed by atoms with Crippen LogP contribution in [0.15, 0.2) is 18.2 Å². The third kappa shape index (κ3) is 3.16. The number of unbranched alkanes of at least 4 members (excludes halogenated alkanes) is 1. The van der Waals surface area contributed by atoms with Gasteiger partial charge in [-0.05, 0) is 31.5 Å². The molecule has 0 aromatic heterocycles. The summed E-state index contributed by atoms with van der Waals surface area (Å²) in [6.07, 6.45) is 3.40. The maximum absolute atomic E-state index is 5.71. The first-order chi connectivity index (χ1) is 8.85. The van der Waals surface area contributed by atoms with Gasteiger partial charge in [-0.25, -0.2) is 0 Å². The van der Waals surface area contributed by atoms with Gasteiger partial charge < -0.3 is 14.8 Å². The standard InChI is InChI=1S/C15H23NO2/c1-3-5-9-17-12-6-7-13-14(16-8-4-2)11-18-15(13)10-12/h6-7,10,14,16H,3-5,8-9,11H2,1-2H3. The molecule has 18 heavy (non-hydrogen) atoms. The molecule has 0 saturated heterocycles. The smallest absolute Gasteiger partial charge is 0.127 e. The van der Waals surface area contributed by atoms with Gasteiger partial charge in [0.15, 0.2) is 0 Å². The lowest BCUT2D eigenvalue weighted by molar-refractivity contribution is 0.299. The largest absolute Gasteiger partial charge is 0.493 e. The first-order valence-corrected chi connectivity index (χ1v) is 6.98. The second kappa shape index (κ2) is 6.64. The third-order valence-electron chi connectivity index (χ3n) is 3.17. The van der Waals surface area contributed by atoms with Crippen LogP contribution in [0.1, 0.15) is 44.7 Å². The van der Waals surface area contributed by atoms with Crippen LogP contribution in [0.2, 0.25) is 0 Å². The van der Waals surface area contributed by atoms with E-state index in [9.17, 15) is 0 Å². The SMILES string of the molecule is CCCCOc1ccc2c(c1)OCC2NCCC. The van der Waals surface area contributed by atoms with Gasteiger partial charge >= 0.3 is 0 Å². The maximum atomic E-state index is 5.71. The lowest BCUT2D eigenvalue weighted by Crippen LogP contribution is -2.22. The van der Waals surface area contributed by atoms with Gasteiger partial charge in [-0.15, -0.1) is 0 Å². The van der Waals surface area contributed by atoms with Crippen LogP contribution >= 0.6 is 0 Å². The van der Waals surface area contributed by atoms with Crippen molar-refractivity contribution < 1.29 is 9.47 Å². The van der Waals surface area contributed by atoms with Crippen LogP contribution < -0.4 is 14.8 Å². The average Bonchev–Trinajstić information content (AvgIpc) is 2.79. The molecule has 1 atom stereocenters. The normalized spacial score (nSPS) is 17.3. The Labute approximate surface area is 109 Å². The Kier molecular flexibility index (Phi) is 4.88. The predicted molar refractivity (Wildman–Crippen MR) is 73.4 cm³/mol. The highest BCUT2D eigenvalue weighted by Gasteiger charge is 2.23. The van der Waals surface area contributed by atoms with E-state index in [1.807, 2.05) is 12.1 Å². The van der Waals surface area contributed by atoms with Crippen molar-refractivity contribution >= 4 is 0 Å². The van der Waals surface area contributed by atoms with Crippen molar-refractivity contribution in [1.82, 2.24) is 5.32 Å². The van der Waals surface area contributed by atoms with Crippen molar-refractivity contribution in [3.05, 3.63) is 23.8 Å². The Balaban J connectivity index is 1.96. The van der Waals surface area contributed by atoms with E-state index >= 15 is 0 Å². The van der Waals surface area contributed by atoms with Crippen molar-refractivity contribution in [2.24, 2.45) is 0 Å². The molecule has 0 spiro atoms. The minimum absolute atomic E-state index is 0.338. The van der Waals surface area contributed by atoms with Crippen molar-refractivity contribution in [3.63, 3.8) is 0 Å². The fraction of sp³-hybridized carbons (Fsp3) is 0.600. The van der Waals surface area contributed by atoms with Gasteiger partial charge in [0, 0.05) is 11.6 Å². The minimum Gasteiger partial charge on any atom is -0.493 e. The number of nitrogens with one attached hydrogen (secondary N) is 1. The average molecular weight is 249 g/mol. The summed E-state index contributed by atoms with van der Waals surface area (Å²) < 4.78 is 11.4. The summed E-state index contributed by atoms with van der Waals surface area (Å²) >= 11 is 0. The first kappa shape index (κ1) is 13.2. The van der Waals surface area contributed by atoms with E-state index in [1.54, 1.807) is 0 Å².